The third-order valence-corrected chi connectivity index (χ3v) is 7.01. The molecule has 0 spiro atoms. The summed E-state index contributed by atoms with van der Waals surface area (Å²) in [6.45, 7) is 1.93. The van der Waals surface area contributed by atoms with E-state index in [1.165, 1.54) is 34.9 Å². The van der Waals surface area contributed by atoms with E-state index in [0.717, 1.165) is 34.4 Å². The van der Waals surface area contributed by atoms with Crippen LogP contribution in [0.5, 0.6) is 0 Å². The fourth-order valence-corrected chi connectivity index (χ4v) is 5.15. The van der Waals surface area contributed by atoms with Gasteiger partial charge in [0.15, 0.2) is 0 Å². The number of urea groups is 1. The van der Waals surface area contributed by atoms with Crippen molar-refractivity contribution < 1.29 is 9.59 Å². The summed E-state index contributed by atoms with van der Waals surface area (Å²) in [5.74, 6) is -0.105. The number of nitrogens with zero attached hydrogens (tertiary/aromatic N) is 1. The molecule has 0 aliphatic heterocycles. The van der Waals surface area contributed by atoms with Crippen LogP contribution in [0.4, 0.5) is 16.2 Å². The van der Waals surface area contributed by atoms with Crippen molar-refractivity contribution in [2.75, 3.05) is 17.7 Å². The molecule has 0 unspecified atom stereocenters. The van der Waals surface area contributed by atoms with Gasteiger partial charge in [-0.15, -0.1) is 11.3 Å². The van der Waals surface area contributed by atoms with Gasteiger partial charge in [0, 0.05) is 36.4 Å². The first-order chi connectivity index (χ1) is 15.4. The second kappa shape index (κ2) is 9.00. The summed E-state index contributed by atoms with van der Waals surface area (Å²) in [5, 5.41) is 8.07. The molecule has 1 aliphatic rings. The Morgan fingerprint density at radius 3 is 2.59 bits per heavy atom. The van der Waals surface area contributed by atoms with E-state index < -0.39 is 6.03 Å². The van der Waals surface area contributed by atoms with Crippen LogP contribution in [0.15, 0.2) is 41.3 Å². The number of pyridine rings is 1. The smallest absolute Gasteiger partial charge is 0.319 e. The molecule has 2 heterocycles. The van der Waals surface area contributed by atoms with Crippen LogP contribution in [-0.2, 0) is 19.9 Å². The van der Waals surface area contributed by atoms with E-state index in [-0.39, 0.29) is 17.2 Å². The number of thiophene rings is 1. The van der Waals surface area contributed by atoms with Crippen molar-refractivity contribution in [2.24, 2.45) is 7.05 Å². The van der Waals surface area contributed by atoms with E-state index in [1.54, 1.807) is 30.6 Å². The van der Waals surface area contributed by atoms with Gasteiger partial charge < -0.3 is 20.5 Å². The Hall–Kier alpha value is -3.39. The summed E-state index contributed by atoms with van der Waals surface area (Å²) in [7, 11) is 3.13. The molecule has 4 rings (SSSR count). The summed E-state index contributed by atoms with van der Waals surface area (Å²) >= 11 is 1.59. The molecule has 0 saturated heterocycles. The van der Waals surface area contributed by atoms with E-state index in [4.69, 9.17) is 0 Å². The van der Waals surface area contributed by atoms with Crippen LogP contribution in [0.2, 0.25) is 0 Å². The summed E-state index contributed by atoms with van der Waals surface area (Å²) in [6, 6.07) is 8.88. The molecule has 0 atom stereocenters. The minimum Gasteiger partial charge on any atom is -0.341 e. The number of nitrogens with one attached hydrogen (secondary N) is 3. The lowest BCUT2D eigenvalue weighted by molar-refractivity contribution is 0.103. The number of anilines is 2. The maximum Gasteiger partial charge on any atom is 0.319 e. The van der Waals surface area contributed by atoms with E-state index in [0.29, 0.717) is 5.69 Å². The molecule has 3 aromatic rings. The van der Waals surface area contributed by atoms with Gasteiger partial charge in [-0.1, -0.05) is 12.1 Å². The Morgan fingerprint density at radius 1 is 1.06 bits per heavy atom. The average Bonchev–Trinajstić information content (AvgIpc) is 3.22. The molecule has 3 N–H and O–H groups in total. The highest BCUT2D eigenvalue weighted by Gasteiger charge is 2.18. The standard InChI is InChI=1S/C24H26N4O3S/c1-14-17(16-11-19(27-24(31)25-2)23(30)28(3)13-16)8-6-9-18(14)26-22(29)21-12-15-7-4-5-10-20(15)32-21/h6,8-9,11-13H,4-5,7,10H2,1-3H3,(H,26,29)(H2,25,27,31). The fourth-order valence-electron chi connectivity index (χ4n) is 4.00. The number of amides is 3. The molecule has 0 fully saturated rings. The highest BCUT2D eigenvalue weighted by Crippen LogP contribution is 2.32. The van der Waals surface area contributed by atoms with Crippen molar-refractivity contribution >= 4 is 34.6 Å². The lowest BCUT2D eigenvalue weighted by Crippen LogP contribution is -2.29. The van der Waals surface area contributed by atoms with Crippen molar-refractivity contribution in [3.8, 4) is 11.1 Å². The molecule has 0 bridgehead atoms. The first kappa shape index (κ1) is 21.8. The summed E-state index contributed by atoms with van der Waals surface area (Å²) in [6.07, 6.45) is 6.20. The van der Waals surface area contributed by atoms with Crippen LogP contribution < -0.4 is 21.5 Å². The van der Waals surface area contributed by atoms with Crippen molar-refractivity contribution in [2.45, 2.75) is 32.6 Å². The fraction of sp³-hybridized carbons (Fsp3) is 0.292. The number of aromatic nitrogens is 1. The number of carbonyl (C=O) groups is 2. The van der Waals surface area contributed by atoms with Crippen LogP contribution in [-0.4, -0.2) is 23.6 Å². The van der Waals surface area contributed by atoms with Crippen molar-refractivity contribution in [1.29, 1.82) is 0 Å². The number of hydrogen-bond acceptors (Lipinski definition) is 4. The SMILES string of the molecule is CNC(=O)Nc1cc(-c2cccc(NC(=O)c3cc4c(s3)CCCC4)c2C)cn(C)c1=O. The molecule has 0 saturated carbocycles. The Bertz CT molecular complexity index is 1240. The Labute approximate surface area is 190 Å². The monoisotopic (exact) mass is 450 g/mol. The average molecular weight is 451 g/mol. The predicted octanol–water partition coefficient (Wildman–Crippen LogP) is 4.30. The molecular formula is C24H26N4O3S. The lowest BCUT2D eigenvalue weighted by atomic mass is 9.99. The van der Waals surface area contributed by atoms with E-state index >= 15 is 0 Å². The molecule has 1 aromatic carbocycles. The largest absolute Gasteiger partial charge is 0.341 e. The number of aryl methyl sites for hydroxylation is 3. The van der Waals surface area contributed by atoms with E-state index in [9.17, 15) is 14.4 Å². The van der Waals surface area contributed by atoms with Crippen molar-refractivity contribution in [3.05, 3.63) is 67.8 Å². The Balaban J connectivity index is 1.64. The zero-order chi connectivity index (χ0) is 22.8. The molecule has 3 amide bonds. The van der Waals surface area contributed by atoms with E-state index in [2.05, 4.69) is 16.0 Å². The molecule has 0 radical (unpaired) electrons. The van der Waals surface area contributed by atoms with Gasteiger partial charge in [-0.05, 0) is 67.5 Å². The van der Waals surface area contributed by atoms with Gasteiger partial charge in [0.25, 0.3) is 11.5 Å². The maximum absolute atomic E-state index is 12.9. The van der Waals surface area contributed by atoms with Crippen molar-refractivity contribution in [1.82, 2.24) is 9.88 Å². The van der Waals surface area contributed by atoms with Gasteiger partial charge in [0.2, 0.25) is 0 Å². The topological polar surface area (TPSA) is 92.2 Å². The minimum atomic E-state index is -0.462. The third-order valence-electron chi connectivity index (χ3n) is 5.77. The number of benzene rings is 1. The Morgan fingerprint density at radius 2 is 1.84 bits per heavy atom. The second-order valence-corrected chi connectivity index (χ2v) is 9.10. The summed E-state index contributed by atoms with van der Waals surface area (Å²) < 4.78 is 1.43. The van der Waals surface area contributed by atoms with Crippen LogP contribution in [0.3, 0.4) is 0 Å². The van der Waals surface area contributed by atoms with Gasteiger partial charge in [0.05, 0.1) is 4.88 Å². The van der Waals surface area contributed by atoms with Gasteiger partial charge in [0.1, 0.15) is 5.69 Å². The normalized spacial score (nSPS) is 12.7. The predicted molar refractivity (Wildman–Crippen MR) is 129 cm³/mol. The summed E-state index contributed by atoms with van der Waals surface area (Å²) in [5.41, 5.74) is 4.41. The van der Waals surface area contributed by atoms with Gasteiger partial charge >= 0.3 is 6.03 Å². The molecule has 1 aliphatic carbocycles. The number of hydrogen-bond donors (Lipinski definition) is 3. The van der Waals surface area contributed by atoms with Gasteiger partial charge in [-0.3, -0.25) is 9.59 Å². The number of fused-ring (bicyclic) bond motifs is 1. The number of carbonyl (C=O) groups excluding carboxylic acids is 2. The minimum absolute atomic E-state index is 0.105. The van der Waals surface area contributed by atoms with Crippen LogP contribution in [0.25, 0.3) is 11.1 Å². The van der Waals surface area contributed by atoms with Crippen LogP contribution in [0, 0.1) is 6.92 Å². The molecule has 2 aromatic heterocycles. The zero-order valence-corrected chi connectivity index (χ0v) is 19.2. The first-order valence-electron chi connectivity index (χ1n) is 10.6. The first-order valence-corrected chi connectivity index (χ1v) is 11.4. The molecule has 7 nitrogen and oxygen atoms in total. The van der Waals surface area contributed by atoms with Crippen LogP contribution in [0.1, 0.15) is 38.5 Å². The molecule has 166 valence electrons. The van der Waals surface area contributed by atoms with E-state index in [1.807, 2.05) is 31.2 Å². The van der Waals surface area contributed by atoms with Crippen LogP contribution >= 0.6 is 11.3 Å². The lowest BCUT2D eigenvalue weighted by Gasteiger charge is -2.14. The summed E-state index contributed by atoms with van der Waals surface area (Å²) in [4.78, 5) is 39.1. The van der Waals surface area contributed by atoms with Crippen molar-refractivity contribution in [3.63, 3.8) is 0 Å². The highest BCUT2D eigenvalue weighted by atomic mass is 32.1. The Kier molecular flexibility index (Phi) is 6.14. The molecule has 8 heteroatoms. The highest BCUT2D eigenvalue weighted by molar-refractivity contribution is 7.14. The number of rotatable bonds is 4. The zero-order valence-electron chi connectivity index (χ0n) is 18.4. The second-order valence-electron chi connectivity index (χ2n) is 7.96. The quantitative estimate of drug-likeness (QED) is 0.553. The maximum atomic E-state index is 12.9. The van der Waals surface area contributed by atoms with Gasteiger partial charge in [-0.25, -0.2) is 4.79 Å². The molecule has 32 heavy (non-hydrogen) atoms. The van der Waals surface area contributed by atoms with Gasteiger partial charge in [-0.2, -0.15) is 0 Å². The molecular weight excluding hydrogens is 424 g/mol. The third kappa shape index (κ3) is 4.31.